The Kier molecular flexibility index (Phi) is 34.7. The largest absolute Gasteiger partial charge is 0.477 e. The average molecular weight is 739 g/mol. The van der Waals surface area contributed by atoms with Crippen molar-refractivity contribution in [1.29, 1.82) is 0 Å². The smallest absolute Gasteiger partial charge is 0.362 e. The third-order valence-electron chi connectivity index (χ3n) is 9.91. The second kappa shape index (κ2) is 36.1. The maximum absolute atomic E-state index is 12.7. The minimum atomic E-state index is -0.873. The second-order valence-corrected chi connectivity index (χ2v) is 16.0. The second-order valence-electron chi connectivity index (χ2n) is 16.0. The van der Waals surface area contributed by atoms with E-state index in [4.69, 9.17) is 14.2 Å². The maximum Gasteiger partial charge on any atom is 0.362 e. The fourth-order valence-electron chi connectivity index (χ4n) is 6.50. The molecular weight excluding hydrogens is 654 g/mol. The van der Waals surface area contributed by atoms with Gasteiger partial charge in [-0.05, 0) is 38.5 Å². The first-order valence-electron chi connectivity index (χ1n) is 21.7. The van der Waals surface area contributed by atoms with Crippen LogP contribution < -0.4 is 0 Å². The molecule has 0 aliphatic rings. The van der Waals surface area contributed by atoms with E-state index in [1.165, 1.54) is 128 Å². The van der Waals surface area contributed by atoms with Crippen LogP contribution in [0.2, 0.25) is 0 Å². The van der Waals surface area contributed by atoms with Crippen molar-refractivity contribution < 1.29 is 38.2 Å². The Balaban J connectivity index is 4.32. The minimum Gasteiger partial charge on any atom is -0.477 e. The van der Waals surface area contributed by atoms with Gasteiger partial charge in [0.2, 0.25) is 0 Å². The molecule has 0 radical (unpaired) electrons. The van der Waals surface area contributed by atoms with Gasteiger partial charge in [-0.2, -0.15) is 0 Å². The Bertz CT molecular complexity index is 869. The summed E-state index contributed by atoms with van der Waals surface area (Å²) in [6.45, 7) is 4.74. The van der Waals surface area contributed by atoms with E-state index in [1.54, 1.807) is 0 Å². The number of carboxylic acid groups (broad SMARTS) is 1. The zero-order chi connectivity index (χ0) is 38.5. The monoisotopic (exact) mass is 739 g/mol. The Hall–Kier alpha value is -1.93. The van der Waals surface area contributed by atoms with E-state index in [9.17, 15) is 19.5 Å². The molecule has 8 heteroatoms. The lowest BCUT2D eigenvalue weighted by Crippen LogP contribution is -2.50. The van der Waals surface area contributed by atoms with E-state index in [2.05, 4.69) is 26.0 Å². The molecule has 52 heavy (non-hydrogen) atoms. The van der Waals surface area contributed by atoms with Gasteiger partial charge in [-0.25, -0.2) is 4.79 Å². The molecule has 0 rings (SSSR count). The summed E-state index contributed by atoms with van der Waals surface area (Å²) in [5, 5.41) is 9.60. The molecule has 0 saturated heterocycles. The summed E-state index contributed by atoms with van der Waals surface area (Å²) in [6, 6.07) is -0.610. The van der Waals surface area contributed by atoms with Crippen molar-refractivity contribution in [2.75, 3.05) is 41.0 Å². The van der Waals surface area contributed by atoms with Crippen molar-refractivity contribution in [3.05, 3.63) is 12.2 Å². The Morgan fingerprint density at radius 3 is 1.38 bits per heavy atom. The number of allylic oxidation sites excluding steroid dienone is 2. The highest BCUT2D eigenvalue weighted by Crippen LogP contribution is 2.15. The molecule has 0 aromatic heterocycles. The molecule has 0 bridgehead atoms. The number of esters is 2. The molecule has 0 aromatic carbocycles. The van der Waals surface area contributed by atoms with Crippen molar-refractivity contribution in [3.63, 3.8) is 0 Å². The molecule has 0 amide bonds. The van der Waals surface area contributed by atoms with Gasteiger partial charge in [-0.15, -0.1) is 0 Å². The predicted octanol–water partition coefficient (Wildman–Crippen LogP) is 11.5. The summed E-state index contributed by atoms with van der Waals surface area (Å²) in [7, 11) is 5.53. The highest BCUT2D eigenvalue weighted by atomic mass is 16.6. The number of unbranched alkanes of at least 4 members (excludes halogenated alkanes) is 23. The molecule has 2 unspecified atom stereocenters. The summed E-state index contributed by atoms with van der Waals surface area (Å²) >= 11 is 0. The summed E-state index contributed by atoms with van der Waals surface area (Å²) in [5.41, 5.74) is 0. The molecule has 306 valence electrons. The lowest BCUT2D eigenvalue weighted by Gasteiger charge is -2.31. The maximum atomic E-state index is 12.7. The Morgan fingerprint density at radius 1 is 0.558 bits per heavy atom. The number of nitrogens with zero attached hydrogens (tertiary/aromatic N) is 1. The van der Waals surface area contributed by atoms with Gasteiger partial charge in [0.1, 0.15) is 6.61 Å². The first-order chi connectivity index (χ1) is 25.1. The van der Waals surface area contributed by atoms with Crippen LogP contribution in [0.3, 0.4) is 0 Å². The molecule has 2 atom stereocenters. The number of hydrogen-bond donors (Lipinski definition) is 1. The summed E-state index contributed by atoms with van der Waals surface area (Å²) < 4.78 is 17.3. The minimum absolute atomic E-state index is 0.0471. The molecule has 0 aromatic rings. The molecule has 0 aliphatic heterocycles. The Labute approximate surface area is 320 Å². The number of rotatable bonds is 39. The van der Waals surface area contributed by atoms with Crippen LogP contribution in [0.15, 0.2) is 12.2 Å². The number of likely N-dealkylation sites (N-methyl/N-ethyl adjacent to an activating group) is 1. The summed E-state index contributed by atoms with van der Waals surface area (Å²) in [6.07, 6.45) is 36.7. The first-order valence-corrected chi connectivity index (χ1v) is 21.7. The third kappa shape index (κ3) is 33.9. The van der Waals surface area contributed by atoms with Crippen LogP contribution >= 0.6 is 0 Å². The molecular formula is C44H84NO7+. The molecule has 0 fully saturated rings. The van der Waals surface area contributed by atoms with Crippen molar-refractivity contribution in [1.82, 2.24) is 0 Å². The number of hydrogen-bond acceptors (Lipinski definition) is 6. The van der Waals surface area contributed by atoms with E-state index in [0.717, 1.165) is 38.5 Å². The summed E-state index contributed by atoms with van der Waals surface area (Å²) in [4.78, 5) is 36.9. The van der Waals surface area contributed by atoms with Gasteiger partial charge in [-0.3, -0.25) is 9.59 Å². The van der Waals surface area contributed by atoms with Crippen molar-refractivity contribution in [2.24, 2.45) is 0 Å². The molecule has 0 heterocycles. The van der Waals surface area contributed by atoms with Gasteiger partial charge in [0.15, 0.2) is 12.1 Å². The first kappa shape index (κ1) is 50.1. The lowest BCUT2D eigenvalue weighted by molar-refractivity contribution is -0.887. The van der Waals surface area contributed by atoms with Crippen LogP contribution in [-0.4, -0.2) is 80.6 Å². The zero-order valence-electron chi connectivity index (χ0n) is 34.8. The number of carboxylic acids is 1. The molecule has 8 nitrogen and oxygen atoms in total. The molecule has 0 aliphatic carbocycles. The van der Waals surface area contributed by atoms with Crippen LogP contribution in [0.25, 0.3) is 0 Å². The fourth-order valence-corrected chi connectivity index (χ4v) is 6.50. The number of carbonyl (C=O) groups is 3. The zero-order valence-corrected chi connectivity index (χ0v) is 34.8. The number of quaternary nitrogens is 1. The fraction of sp³-hybridized carbons (Fsp3) is 0.886. The van der Waals surface area contributed by atoms with Gasteiger partial charge >= 0.3 is 17.9 Å². The van der Waals surface area contributed by atoms with E-state index in [1.807, 2.05) is 21.1 Å². The molecule has 0 saturated carbocycles. The number of aliphatic carboxylic acids is 1. The topological polar surface area (TPSA) is 99.1 Å². The van der Waals surface area contributed by atoms with E-state index < -0.39 is 18.1 Å². The highest BCUT2D eigenvalue weighted by molar-refractivity contribution is 5.72. The number of carbonyl (C=O) groups excluding carboxylic acids is 2. The average Bonchev–Trinajstić information content (AvgIpc) is 3.09. The highest BCUT2D eigenvalue weighted by Gasteiger charge is 2.31. The number of ether oxygens (including phenoxy) is 3. The van der Waals surface area contributed by atoms with E-state index in [0.29, 0.717) is 19.3 Å². The van der Waals surface area contributed by atoms with Gasteiger partial charge < -0.3 is 23.8 Å². The van der Waals surface area contributed by atoms with Gasteiger partial charge in [0.05, 0.1) is 34.4 Å². The van der Waals surface area contributed by atoms with E-state index in [-0.39, 0.29) is 36.2 Å². The van der Waals surface area contributed by atoms with Gasteiger partial charge in [0.25, 0.3) is 0 Å². The van der Waals surface area contributed by atoms with Gasteiger partial charge in [0, 0.05) is 19.3 Å². The van der Waals surface area contributed by atoms with Crippen LogP contribution in [-0.2, 0) is 28.6 Å². The van der Waals surface area contributed by atoms with Crippen molar-refractivity contribution >= 4 is 17.9 Å². The molecule has 1 N–H and O–H groups in total. The van der Waals surface area contributed by atoms with Crippen LogP contribution in [0.1, 0.15) is 200 Å². The van der Waals surface area contributed by atoms with Crippen LogP contribution in [0.4, 0.5) is 0 Å². The quantitative estimate of drug-likeness (QED) is 0.0290. The SMILES string of the molecule is CCCCCCCC/C=C/CCCCCCCCCC(=O)OC(COCCC(C(=O)O)[N+](C)(C)C)COC(=O)CCCCCCCCCCCCC. The standard InChI is InChI=1S/C44H83NO7/c1-6-8-10-12-14-16-18-19-20-21-22-23-25-27-29-31-33-35-43(47)52-40(38-50-37-36-41(44(48)49)45(3,4)5)39-51-42(46)34-32-30-28-26-24-17-15-13-11-9-7-2/h19-20,40-41H,6-18,21-39H2,1-5H3/p+1/b20-19+. The van der Waals surface area contributed by atoms with Crippen LogP contribution in [0, 0.1) is 0 Å². The lowest BCUT2D eigenvalue weighted by atomic mass is 10.1. The van der Waals surface area contributed by atoms with E-state index >= 15 is 0 Å². The van der Waals surface area contributed by atoms with Crippen molar-refractivity contribution in [3.8, 4) is 0 Å². The molecule has 0 spiro atoms. The summed E-state index contributed by atoms with van der Waals surface area (Å²) in [5.74, 6) is -1.46. The predicted molar refractivity (Wildman–Crippen MR) is 215 cm³/mol. The van der Waals surface area contributed by atoms with Gasteiger partial charge in [-0.1, -0.05) is 154 Å². The Morgan fingerprint density at radius 2 is 0.962 bits per heavy atom. The normalized spacial score (nSPS) is 13.0. The third-order valence-corrected chi connectivity index (χ3v) is 9.91. The van der Waals surface area contributed by atoms with Crippen molar-refractivity contribution in [2.45, 2.75) is 212 Å². The van der Waals surface area contributed by atoms with Crippen LogP contribution in [0.5, 0.6) is 0 Å².